The first-order valence-electron chi connectivity index (χ1n) is 5.85. The van der Waals surface area contributed by atoms with Crippen molar-refractivity contribution in [3.05, 3.63) is 65.0 Å². The first-order valence-corrected chi connectivity index (χ1v) is 6.83. The minimum atomic E-state index is -0.934. The summed E-state index contributed by atoms with van der Waals surface area (Å²) in [6.45, 7) is 0. The van der Waals surface area contributed by atoms with Crippen LogP contribution < -0.4 is 5.73 Å². The van der Waals surface area contributed by atoms with Crippen LogP contribution in [0, 0.1) is 17.5 Å². The molecule has 0 aliphatic carbocycles. The molecule has 0 unspecified atom stereocenters. The van der Waals surface area contributed by atoms with Crippen molar-refractivity contribution in [2.75, 3.05) is 0 Å². The Balaban J connectivity index is 2.16. The van der Waals surface area contributed by atoms with E-state index in [1.54, 1.807) is 6.07 Å². The molecule has 3 N–H and O–H groups in total. The normalized spacial score (nSPS) is 11.7. The van der Waals surface area contributed by atoms with Crippen LogP contribution in [0.2, 0.25) is 0 Å². The van der Waals surface area contributed by atoms with Crippen molar-refractivity contribution in [1.29, 1.82) is 0 Å². The Morgan fingerprint density at radius 2 is 1.86 bits per heavy atom. The summed E-state index contributed by atoms with van der Waals surface area (Å²) in [7, 11) is 0. The number of hydrogen-bond donors (Lipinski definition) is 2. The van der Waals surface area contributed by atoms with Gasteiger partial charge in [-0.3, -0.25) is 0 Å². The van der Waals surface area contributed by atoms with E-state index in [1.807, 2.05) is 0 Å². The second-order valence-corrected chi connectivity index (χ2v) is 5.25. The van der Waals surface area contributed by atoms with Gasteiger partial charge in [0.2, 0.25) is 0 Å². The Morgan fingerprint density at radius 1 is 1.10 bits per heavy atom. The minimum Gasteiger partial charge on any atom is -0.409 e. The predicted octanol–water partition coefficient (Wildman–Crippen LogP) is 3.49. The van der Waals surface area contributed by atoms with Gasteiger partial charge in [0.05, 0.1) is 0 Å². The van der Waals surface area contributed by atoms with Crippen LogP contribution in [0.1, 0.15) is 11.1 Å². The lowest BCUT2D eigenvalue weighted by atomic mass is 10.1. The molecule has 21 heavy (non-hydrogen) atoms. The van der Waals surface area contributed by atoms with Crippen molar-refractivity contribution in [2.24, 2.45) is 10.9 Å². The van der Waals surface area contributed by atoms with Crippen LogP contribution in [-0.4, -0.2) is 11.0 Å². The molecular weight excluding hydrogens is 301 g/mol. The molecule has 2 rings (SSSR count). The van der Waals surface area contributed by atoms with E-state index in [2.05, 4.69) is 5.16 Å². The Bertz CT molecular complexity index is 692. The van der Waals surface area contributed by atoms with Gasteiger partial charge in [-0.25, -0.2) is 13.2 Å². The third-order valence-electron chi connectivity index (χ3n) is 2.66. The second kappa shape index (κ2) is 6.53. The Kier molecular flexibility index (Phi) is 4.74. The van der Waals surface area contributed by atoms with Crippen LogP contribution in [0.4, 0.5) is 13.2 Å². The topological polar surface area (TPSA) is 58.6 Å². The van der Waals surface area contributed by atoms with E-state index in [-0.39, 0.29) is 11.4 Å². The van der Waals surface area contributed by atoms with Gasteiger partial charge in [0.25, 0.3) is 0 Å². The lowest BCUT2D eigenvalue weighted by molar-refractivity contribution is 0.318. The quantitative estimate of drug-likeness (QED) is 0.299. The lowest BCUT2D eigenvalue weighted by Crippen LogP contribution is -2.13. The zero-order valence-electron chi connectivity index (χ0n) is 10.7. The Hall–Kier alpha value is -2.15. The summed E-state index contributed by atoms with van der Waals surface area (Å²) in [6.07, 6.45) is 0. The van der Waals surface area contributed by atoms with Gasteiger partial charge in [0, 0.05) is 16.2 Å². The molecule has 0 amide bonds. The maximum Gasteiger partial charge on any atom is 0.170 e. The molecule has 2 aromatic rings. The van der Waals surface area contributed by atoms with Crippen LogP contribution >= 0.6 is 11.8 Å². The molecular formula is C14H11F3N2OS. The number of amidine groups is 1. The summed E-state index contributed by atoms with van der Waals surface area (Å²) in [6, 6.07) is 7.54. The highest BCUT2D eigenvalue weighted by atomic mass is 32.2. The zero-order valence-corrected chi connectivity index (χ0v) is 11.5. The summed E-state index contributed by atoms with van der Waals surface area (Å²) in [4.78, 5) is 0.517. The fraction of sp³-hybridized carbons (Fsp3) is 0.0714. The molecule has 0 aliphatic rings. The maximum absolute atomic E-state index is 13.5. The standard InChI is InChI=1S/C14H11F3N2OS/c15-10-4-8(3-9(5-10)14(18)19-20)7-21-11-1-2-12(16)13(17)6-11/h1-6,20H,7H2,(H2,18,19). The summed E-state index contributed by atoms with van der Waals surface area (Å²) in [5.41, 5.74) is 6.23. The van der Waals surface area contributed by atoms with Gasteiger partial charge in [-0.05, 0) is 42.0 Å². The average Bonchev–Trinajstić information content (AvgIpc) is 2.47. The van der Waals surface area contributed by atoms with E-state index < -0.39 is 17.5 Å². The molecule has 0 bridgehead atoms. The van der Waals surface area contributed by atoms with E-state index in [0.717, 1.165) is 18.2 Å². The predicted molar refractivity (Wildman–Crippen MR) is 74.8 cm³/mol. The van der Waals surface area contributed by atoms with E-state index in [4.69, 9.17) is 10.9 Å². The first-order chi connectivity index (χ1) is 9.99. The monoisotopic (exact) mass is 312 g/mol. The molecule has 0 heterocycles. The fourth-order valence-electron chi connectivity index (χ4n) is 1.67. The third-order valence-corrected chi connectivity index (χ3v) is 3.72. The minimum absolute atomic E-state index is 0.200. The molecule has 0 fully saturated rings. The molecule has 7 heteroatoms. The van der Waals surface area contributed by atoms with Gasteiger partial charge in [0.15, 0.2) is 17.5 Å². The molecule has 0 saturated carbocycles. The van der Waals surface area contributed by atoms with Crippen molar-refractivity contribution >= 4 is 17.6 Å². The number of rotatable bonds is 4. The number of nitrogens with two attached hydrogens (primary N) is 1. The van der Waals surface area contributed by atoms with Crippen LogP contribution in [-0.2, 0) is 5.75 Å². The molecule has 0 atom stereocenters. The highest BCUT2D eigenvalue weighted by Gasteiger charge is 2.07. The number of halogens is 3. The lowest BCUT2D eigenvalue weighted by Gasteiger charge is -2.06. The molecule has 2 aromatic carbocycles. The number of thioether (sulfide) groups is 1. The number of benzene rings is 2. The van der Waals surface area contributed by atoms with E-state index in [1.165, 1.54) is 23.9 Å². The van der Waals surface area contributed by atoms with Crippen molar-refractivity contribution in [3.8, 4) is 0 Å². The van der Waals surface area contributed by atoms with Crippen molar-refractivity contribution in [3.63, 3.8) is 0 Å². The van der Waals surface area contributed by atoms with Crippen LogP contribution in [0.25, 0.3) is 0 Å². The summed E-state index contributed by atoms with van der Waals surface area (Å²) < 4.78 is 39.3. The molecule has 3 nitrogen and oxygen atoms in total. The van der Waals surface area contributed by atoms with E-state index in [9.17, 15) is 13.2 Å². The summed E-state index contributed by atoms with van der Waals surface area (Å²) in [5, 5.41) is 11.4. The number of nitrogens with zero attached hydrogens (tertiary/aromatic N) is 1. The average molecular weight is 312 g/mol. The molecule has 110 valence electrons. The van der Waals surface area contributed by atoms with Crippen LogP contribution in [0.15, 0.2) is 46.4 Å². The van der Waals surface area contributed by atoms with Crippen LogP contribution in [0.5, 0.6) is 0 Å². The maximum atomic E-state index is 13.5. The molecule has 0 radical (unpaired) electrons. The van der Waals surface area contributed by atoms with Crippen molar-refractivity contribution in [2.45, 2.75) is 10.6 Å². The third kappa shape index (κ3) is 3.91. The SMILES string of the molecule is N/C(=N/O)c1cc(F)cc(CSc2ccc(F)c(F)c2)c1. The molecule has 0 spiro atoms. The second-order valence-electron chi connectivity index (χ2n) is 4.20. The molecule has 0 aliphatic heterocycles. The van der Waals surface area contributed by atoms with Gasteiger partial charge in [0.1, 0.15) is 5.82 Å². The van der Waals surface area contributed by atoms with Crippen molar-refractivity contribution < 1.29 is 18.4 Å². The Morgan fingerprint density at radius 3 is 2.52 bits per heavy atom. The van der Waals surface area contributed by atoms with Gasteiger partial charge < -0.3 is 10.9 Å². The smallest absolute Gasteiger partial charge is 0.170 e. The summed E-state index contributed by atoms with van der Waals surface area (Å²) in [5.74, 6) is -2.25. The van der Waals surface area contributed by atoms with Crippen molar-refractivity contribution in [1.82, 2.24) is 0 Å². The Labute approximate surface area is 123 Å². The fourth-order valence-corrected chi connectivity index (χ4v) is 2.52. The highest BCUT2D eigenvalue weighted by Crippen LogP contribution is 2.25. The van der Waals surface area contributed by atoms with Gasteiger partial charge in [-0.15, -0.1) is 11.8 Å². The number of oxime groups is 1. The molecule has 0 saturated heterocycles. The summed E-state index contributed by atoms with van der Waals surface area (Å²) >= 11 is 1.22. The largest absolute Gasteiger partial charge is 0.409 e. The zero-order chi connectivity index (χ0) is 15.4. The van der Waals surface area contributed by atoms with Crippen LogP contribution in [0.3, 0.4) is 0 Å². The molecule has 0 aromatic heterocycles. The highest BCUT2D eigenvalue weighted by molar-refractivity contribution is 7.98. The van der Waals surface area contributed by atoms with Gasteiger partial charge in [-0.1, -0.05) is 5.16 Å². The van der Waals surface area contributed by atoms with Gasteiger partial charge in [-0.2, -0.15) is 0 Å². The van der Waals surface area contributed by atoms with E-state index >= 15 is 0 Å². The van der Waals surface area contributed by atoms with E-state index in [0.29, 0.717) is 16.2 Å². The first kappa shape index (κ1) is 15.2. The van der Waals surface area contributed by atoms with Gasteiger partial charge >= 0.3 is 0 Å². The number of hydrogen-bond acceptors (Lipinski definition) is 3.